The summed E-state index contributed by atoms with van der Waals surface area (Å²) in [6.45, 7) is 2.09. The Labute approximate surface area is 221 Å². The Kier molecular flexibility index (Phi) is 7.64. The summed E-state index contributed by atoms with van der Waals surface area (Å²) in [4.78, 5) is 20.6. The number of halogens is 2. The second kappa shape index (κ2) is 10.7. The summed E-state index contributed by atoms with van der Waals surface area (Å²) in [5, 5.41) is 9.23. The number of hydrogen-bond acceptors (Lipinski definition) is 4. The van der Waals surface area contributed by atoms with Crippen LogP contribution in [-0.2, 0) is 4.79 Å². The number of piperidine rings is 1. The fourth-order valence-corrected chi connectivity index (χ4v) is 5.17. The zero-order chi connectivity index (χ0) is 23.1. The van der Waals surface area contributed by atoms with E-state index in [4.69, 9.17) is 10.8 Å². The van der Waals surface area contributed by atoms with Crippen LogP contribution in [0.15, 0.2) is 73.2 Å². The van der Waals surface area contributed by atoms with Gasteiger partial charge < -0.3 is 16.0 Å². The molecule has 2 aromatic carbocycles. The molecule has 0 radical (unpaired) electrons. The van der Waals surface area contributed by atoms with Crippen molar-refractivity contribution in [1.29, 1.82) is 0 Å². The van der Waals surface area contributed by atoms with Crippen LogP contribution in [0.1, 0.15) is 41.5 Å². The predicted octanol–water partition coefficient (Wildman–Crippen LogP) is 4.81. The summed E-state index contributed by atoms with van der Waals surface area (Å²) in [6, 6.07) is 18.4. The first-order valence-electron chi connectivity index (χ1n) is 11.7. The average molecular weight is 523 g/mol. The van der Waals surface area contributed by atoms with Crippen molar-refractivity contribution in [1.82, 2.24) is 24.9 Å². The van der Waals surface area contributed by atoms with Gasteiger partial charge >= 0.3 is 0 Å². The third-order valence-corrected chi connectivity index (χ3v) is 6.92. The number of nitrogens with zero attached hydrogens (tertiary/aromatic N) is 3. The molecule has 5 aromatic rings. The van der Waals surface area contributed by atoms with E-state index < -0.39 is 11.8 Å². The normalized spacial score (nSPS) is 14.8. The number of para-hydroxylation sites is 1. The number of imidazole rings is 1. The number of aromatic amines is 1. The van der Waals surface area contributed by atoms with Crippen molar-refractivity contribution in [2.75, 3.05) is 13.1 Å². The lowest BCUT2D eigenvalue weighted by atomic mass is 9.87. The van der Waals surface area contributed by atoms with Crippen LogP contribution in [-0.4, -0.2) is 38.6 Å². The van der Waals surface area contributed by atoms with Gasteiger partial charge in [-0.15, -0.1) is 24.8 Å². The summed E-state index contributed by atoms with van der Waals surface area (Å²) in [5.41, 5.74) is 12.4. The number of amides is 1. The lowest BCUT2D eigenvalue weighted by Gasteiger charge is -2.23. The highest BCUT2D eigenvalue weighted by molar-refractivity contribution is 5.99. The van der Waals surface area contributed by atoms with Crippen LogP contribution in [0, 0.1) is 0 Å². The van der Waals surface area contributed by atoms with E-state index in [1.165, 1.54) is 5.56 Å². The highest BCUT2D eigenvalue weighted by Crippen LogP contribution is 2.34. The SMILES string of the molecule is Cl.Cl.NC(=O)C(c1ccc(C2CCNCC2)cc1)c1cc(-c2c[nH]c3ccccc23)c2nccn2n1. The Morgan fingerprint density at radius 3 is 2.53 bits per heavy atom. The van der Waals surface area contributed by atoms with Crippen molar-refractivity contribution < 1.29 is 4.79 Å². The number of nitrogens with one attached hydrogen (secondary N) is 2. The number of H-pyrrole nitrogens is 1. The zero-order valence-corrected chi connectivity index (χ0v) is 21.2. The topological polar surface area (TPSA) is 101 Å². The van der Waals surface area contributed by atoms with Crippen LogP contribution in [0.3, 0.4) is 0 Å². The third kappa shape index (κ3) is 4.57. The van der Waals surface area contributed by atoms with E-state index in [1.807, 2.05) is 42.6 Å². The van der Waals surface area contributed by atoms with Crippen molar-refractivity contribution in [2.45, 2.75) is 24.7 Å². The number of carbonyl (C=O) groups is 1. The minimum atomic E-state index is -0.655. The van der Waals surface area contributed by atoms with Gasteiger partial charge in [-0.2, -0.15) is 5.10 Å². The molecule has 0 spiro atoms. The first kappa shape index (κ1) is 25.7. The minimum absolute atomic E-state index is 0. The molecule has 1 unspecified atom stereocenters. The van der Waals surface area contributed by atoms with E-state index in [1.54, 1.807) is 16.9 Å². The Hall–Kier alpha value is -3.39. The van der Waals surface area contributed by atoms with Crippen LogP contribution in [0.25, 0.3) is 27.7 Å². The number of rotatable bonds is 5. The monoisotopic (exact) mass is 522 g/mol. The number of benzene rings is 2. The molecule has 4 heterocycles. The lowest BCUT2D eigenvalue weighted by molar-refractivity contribution is -0.118. The van der Waals surface area contributed by atoms with Crippen LogP contribution in [0.4, 0.5) is 0 Å². The van der Waals surface area contributed by atoms with Crippen LogP contribution in [0.5, 0.6) is 0 Å². The molecule has 9 heteroatoms. The Morgan fingerprint density at radius 2 is 1.78 bits per heavy atom. The van der Waals surface area contributed by atoms with E-state index >= 15 is 0 Å². The number of hydrogen-bond donors (Lipinski definition) is 3. The molecule has 1 fully saturated rings. The molecule has 7 nitrogen and oxygen atoms in total. The van der Waals surface area contributed by atoms with Gasteiger partial charge in [0, 0.05) is 40.6 Å². The third-order valence-electron chi connectivity index (χ3n) is 6.92. The summed E-state index contributed by atoms with van der Waals surface area (Å²) in [5.74, 6) is -0.527. The van der Waals surface area contributed by atoms with Gasteiger partial charge in [-0.25, -0.2) is 9.50 Å². The first-order chi connectivity index (χ1) is 16.7. The predicted molar refractivity (Wildman–Crippen MR) is 147 cm³/mol. The fourth-order valence-electron chi connectivity index (χ4n) is 5.17. The van der Waals surface area contributed by atoms with E-state index in [-0.39, 0.29) is 24.8 Å². The van der Waals surface area contributed by atoms with Gasteiger partial charge in [-0.3, -0.25) is 4.79 Å². The maximum atomic E-state index is 12.7. The van der Waals surface area contributed by atoms with Crippen molar-refractivity contribution >= 4 is 47.3 Å². The molecule has 186 valence electrons. The van der Waals surface area contributed by atoms with Gasteiger partial charge in [0.2, 0.25) is 5.91 Å². The number of fused-ring (bicyclic) bond motifs is 2. The molecule has 1 saturated heterocycles. The van der Waals surface area contributed by atoms with Crippen LogP contribution >= 0.6 is 24.8 Å². The second-order valence-electron chi connectivity index (χ2n) is 8.95. The average Bonchev–Trinajstić information content (AvgIpc) is 3.52. The van der Waals surface area contributed by atoms with Gasteiger partial charge in [0.05, 0.1) is 5.69 Å². The van der Waals surface area contributed by atoms with Crippen molar-refractivity contribution in [2.24, 2.45) is 5.73 Å². The Bertz CT molecular complexity index is 1490. The van der Waals surface area contributed by atoms with E-state index in [2.05, 4.69) is 33.5 Å². The van der Waals surface area contributed by atoms with Crippen molar-refractivity contribution in [3.05, 3.63) is 90.0 Å². The molecule has 4 N–H and O–H groups in total. The molecule has 1 atom stereocenters. The number of primary amides is 1. The van der Waals surface area contributed by atoms with Gasteiger partial charge in [0.1, 0.15) is 5.92 Å². The molecule has 0 bridgehead atoms. The molecular weight excluding hydrogens is 495 g/mol. The standard InChI is InChI=1S/C27H26N6O.2ClH/c28-26(34)25(19-7-5-17(6-8-19)18-9-11-29-12-10-18)24-15-21(27-30-13-14-33(27)32-24)22-16-31-23-4-2-1-3-20(22)23;;/h1-8,13-16,18,25,29,31H,9-12H2,(H2,28,34);2*1H. The molecule has 6 rings (SSSR count). The molecule has 1 aliphatic rings. The zero-order valence-electron chi connectivity index (χ0n) is 19.6. The molecule has 3 aromatic heterocycles. The summed E-state index contributed by atoms with van der Waals surface area (Å²) in [7, 11) is 0. The molecule has 1 amide bonds. The van der Waals surface area contributed by atoms with E-state index in [0.29, 0.717) is 11.6 Å². The minimum Gasteiger partial charge on any atom is -0.369 e. The highest BCUT2D eigenvalue weighted by Gasteiger charge is 2.25. The smallest absolute Gasteiger partial charge is 0.231 e. The Balaban J connectivity index is 0.00000152. The van der Waals surface area contributed by atoms with Gasteiger partial charge in [-0.05, 0) is 55.1 Å². The van der Waals surface area contributed by atoms with Gasteiger partial charge in [-0.1, -0.05) is 42.5 Å². The van der Waals surface area contributed by atoms with Gasteiger partial charge in [0.25, 0.3) is 0 Å². The second-order valence-corrected chi connectivity index (χ2v) is 8.95. The maximum absolute atomic E-state index is 12.7. The van der Waals surface area contributed by atoms with Crippen LogP contribution < -0.4 is 11.1 Å². The van der Waals surface area contributed by atoms with Gasteiger partial charge in [0.15, 0.2) is 5.65 Å². The number of carbonyl (C=O) groups excluding carboxylic acids is 1. The van der Waals surface area contributed by atoms with Crippen molar-refractivity contribution in [3.8, 4) is 11.1 Å². The number of nitrogens with two attached hydrogens (primary N) is 1. The lowest BCUT2D eigenvalue weighted by Crippen LogP contribution is -2.26. The molecular formula is C27H28Cl2N6O. The van der Waals surface area contributed by atoms with E-state index in [0.717, 1.165) is 59.2 Å². The summed E-state index contributed by atoms with van der Waals surface area (Å²) < 4.78 is 1.73. The highest BCUT2D eigenvalue weighted by atomic mass is 35.5. The maximum Gasteiger partial charge on any atom is 0.231 e. The summed E-state index contributed by atoms with van der Waals surface area (Å²) >= 11 is 0. The largest absolute Gasteiger partial charge is 0.369 e. The Morgan fingerprint density at radius 1 is 1.03 bits per heavy atom. The molecule has 0 saturated carbocycles. The molecule has 1 aliphatic heterocycles. The van der Waals surface area contributed by atoms with E-state index in [9.17, 15) is 4.79 Å². The fraction of sp³-hybridized carbons (Fsp3) is 0.222. The summed E-state index contributed by atoms with van der Waals surface area (Å²) in [6.07, 6.45) is 7.76. The number of aromatic nitrogens is 4. The van der Waals surface area contributed by atoms with Crippen LogP contribution in [0.2, 0.25) is 0 Å². The van der Waals surface area contributed by atoms with Crippen molar-refractivity contribution in [3.63, 3.8) is 0 Å². The molecule has 36 heavy (non-hydrogen) atoms. The molecule has 0 aliphatic carbocycles. The quantitative estimate of drug-likeness (QED) is 0.308. The first-order valence-corrected chi connectivity index (χ1v) is 11.7.